The molecule has 7 nitrogen and oxygen atoms in total. The first-order chi connectivity index (χ1) is 8.08. The second-order valence-electron chi connectivity index (χ2n) is 4.05. The molecule has 1 aromatic rings. The second-order valence-corrected chi connectivity index (χ2v) is 4.05. The van der Waals surface area contributed by atoms with Gasteiger partial charge in [-0.15, -0.1) is 0 Å². The number of H-pyrrole nitrogens is 1. The van der Waals surface area contributed by atoms with Crippen molar-refractivity contribution >= 4 is 11.9 Å². The maximum Gasteiger partial charge on any atom is 0.326 e. The second kappa shape index (κ2) is 4.54. The standard InChI is InChI=1S/C10H13N3O4/c14-7-4-8(10(16)17)13(5-7)9(15)3-6-1-2-11-12-6/h1-2,7-8,14H,3-5H2,(H,11,12)(H,16,17). The number of aromatic amines is 1. The number of β-amino-alcohol motifs (C(OH)–C–C–N with tert-alkyl or cyclic N) is 1. The van der Waals surface area contributed by atoms with Gasteiger partial charge in [0, 0.05) is 24.9 Å². The minimum absolute atomic E-state index is 0.0660. The SMILES string of the molecule is O=C(O)C1CC(O)CN1C(=O)Cc1ccn[nH]1. The van der Waals surface area contributed by atoms with E-state index in [1.807, 2.05) is 0 Å². The number of nitrogens with one attached hydrogen (secondary N) is 1. The molecule has 2 rings (SSSR count). The topological polar surface area (TPSA) is 107 Å². The van der Waals surface area contributed by atoms with E-state index < -0.39 is 18.1 Å². The van der Waals surface area contributed by atoms with Crippen LogP contribution in [0.15, 0.2) is 12.3 Å². The molecule has 1 fully saturated rings. The van der Waals surface area contributed by atoms with E-state index >= 15 is 0 Å². The summed E-state index contributed by atoms with van der Waals surface area (Å²) in [6.45, 7) is 0.0734. The number of hydrogen-bond donors (Lipinski definition) is 3. The average Bonchev–Trinajstić information content (AvgIpc) is 2.86. The average molecular weight is 239 g/mol. The molecular formula is C10H13N3O4. The fourth-order valence-electron chi connectivity index (χ4n) is 1.97. The van der Waals surface area contributed by atoms with Gasteiger partial charge in [-0.1, -0.05) is 0 Å². The minimum Gasteiger partial charge on any atom is -0.480 e. The van der Waals surface area contributed by atoms with Crippen LogP contribution in [0.3, 0.4) is 0 Å². The molecule has 0 radical (unpaired) electrons. The zero-order valence-corrected chi connectivity index (χ0v) is 9.04. The van der Waals surface area contributed by atoms with Gasteiger partial charge in [-0.25, -0.2) is 4.79 Å². The summed E-state index contributed by atoms with van der Waals surface area (Å²) in [5.41, 5.74) is 0.625. The van der Waals surface area contributed by atoms with Crippen LogP contribution < -0.4 is 0 Å². The number of aliphatic carboxylic acids is 1. The summed E-state index contributed by atoms with van der Waals surface area (Å²) in [6, 6.07) is 0.723. The fourth-order valence-corrected chi connectivity index (χ4v) is 1.97. The molecule has 7 heteroatoms. The number of rotatable bonds is 3. The number of hydrogen-bond acceptors (Lipinski definition) is 4. The lowest BCUT2D eigenvalue weighted by Crippen LogP contribution is -2.41. The molecular weight excluding hydrogens is 226 g/mol. The highest BCUT2D eigenvalue weighted by molar-refractivity contribution is 5.85. The smallest absolute Gasteiger partial charge is 0.326 e. The highest BCUT2D eigenvalue weighted by Crippen LogP contribution is 2.19. The molecule has 2 heterocycles. The first-order valence-electron chi connectivity index (χ1n) is 5.26. The van der Waals surface area contributed by atoms with Crippen molar-refractivity contribution in [2.75, 3.05) is 6.54 Å². The Kier molecular flexibility index (Phi) is 3.10. The molecule has 3 N–H and O–H groups in total. The van der Waals surface area contributed by atoms with Crippen LogP contribution >= 0.6 is 0 Å². The van der Waals surface area contributed by atoms with E-state index in [0.717, 1.165) is 0 Å². The summed E-state index contributed by atoms with van der Waals surface area (Å²) >= 11 is 0. The number of aromatic nitrogens is 2. The first kappa shape index (κ1) is 11.6. The lowest BCUT2D eigenvalue weighted by molar-refractivity contribution is -0.148. The van der Waals surface area contributed by atoms with Crippen LogP contribution in [0.5, 0.6) is 0 Å². The molecule has 1 aliphatic rings. The van der Waals surface area contributed by atoms with E-state index in [4.69, 9.17) is 5.11 Å². The molecule has 1 aliphatic heterocycles. The Bertz CT molecular complexity index is 417. The van der Waals surface area contributed by atoms with Crippen LogP contribution in [0.1, 0.15) is 12.1 Å². The third kappa shape index (κ3) is 2.44. The molecule has 2 atom stereocenters. The van der Waals surface area contributed by atoms with Crippen molar-refractivity contribution in [1.82, 2.24) is 15.1 Å². The van der Waals surface area contributed by atoms with E-state index in [0.29, 0.717) is 5.69 Å². The Morgan fingerprint density at radius 1 is 1.59 bits per heavy atom. The van der Waals surface area contributed by atoms with Crippen molar-refractivity contribution in [3.63, 3.8) is 0 Å². The third-order valence-electron chi connectivity index (χ3n) is 2.78. The Morgan fingerprint density at radius 2 is 2.35 bits per heavy atom. The lowest BCUT2D eigenvalue weighted by atomic mass is 10.2. The van der Waals surface area contributed by atoms with Gasteiger partial charge in [0.15, 0.2) is 0 Å². The Labute approximate surface area is 97.0 Å². The maximum atomic E-state index is 11.9. The van der Waals surface area contributed by atoms with E-state index in [-0.39, 0.29) is 25.3 Å². The predicted molar refractivity (Wildman–Crippen MR) is 56.1 cm³/mol. The van der Waals surface area contributed by atoms with Gasteiger partial charge < -0.3 is 15.1 Å². The van der Waals surface area contributed by atoms with E-state index in [1.54, 1.807) is 6.07 Å². The summed E-state index contributed by atoms with van der Waals surface area (Å²) < 4.78 is 0. The van der Waals surface area contributed by atoms with Crippen LogP contribution in [-0.4, -0.2) is 55.9 Å². The lowest BCUT2D eigenvalue weighted by Gasteiger charge is -2.20. The quantitative estimate of drug-likeness (QED) is 0.627. The fraction of sp³-hybridized carbons (Fsp3) is 0.500. The van der Waals surface area contributed by atoms with Crippen molar-refractivity contribution in [3.05, 3.63) is 18.0 Å². The predicted octanol–water partition coefficient (Wildman–Crippen LogP) is -1.00. The number of likely N-dealkylation sites (tertiary alicyclic amines) is 1. The summed E-state index contributed by atoms with van der Waals surface area (Å²) in [6.07, 6.45) is 0.915. The van der Waals surface area contributed by atoms with Crippen molar-refractivity contribution in [2.45, 2.75) is 25.0 Å². The number of carbonyl (C=O) groups excluding carboxylic acids is 1. The molecule has 0 saturated carbocycles. The van der Waals surface area contributed by atoms with Crippen molar-refractivity contribution in [2.24, 2.45) is 0 Å². The number of nitrogens with zero attached hydrogens (tertiary/aromatic N) is 2. The van der Waals surface area contributed by atoms with Crippen LogP contribution in [0, 0.1) is 0 Å². The minimum atomic E-state index is -1.08. The molecule has 0 bridgehead atoms. The normalized spacial score (nSPS) is 23.9. The van der Waals surface area contributed by atoms with Gasteiger partial charge in [-0.05, 0) is 6.07 Å². The van der Waals surface area contributed by atoms with Gasteiger partial charge in [-0.2, -0.15) is 5.10 Å². The Hall–Kier alpha value is -1.89. The van der Waals surface area contributed by atoms with Crippen LogP contribution in [0.25, 0.3) is 0 Å². The number of carbonyl (C=O) groups is 2. The molecule has 2 unspecified atom stereocenters. The maximum absolute atomic E-state index is 11.9. The molecule has 1 amide bonds. The number of aliphatic hydroxyl groups excluding tert-OH is 1. The molecule has 1 aromatic heterocycles. The van der Waals surface area contributed by atoms with Gasteiger partial charge in [0.1, 0.15) is 6.04 Å². The van der Waals surface area contributed by atoms with E-state index in [2.05, 4.69) is 10.2 Å². The van der Waals surface area contributed by atoms with E-state index in [9.17, 15) is 14.7 Å². The van der Waals surface area contributed by atoms with Crippen LogP contribution in [-0.2, 0) is 16.0 Å². The first-order valence-corrected chi connectivity index (χ1v) is 5.26. The summed E-state index contributed by atoms with van der Waals surface area (Å²) in [5, 5.41) is 24.7. The summed E-state index contributed by atoms with van der Waals surface area (Å²) in [7, 11) is 0. The molecule has 17 heavy (non-hydrogen) atoms. The van der Waals surface area contributed by atoms with Gasteiger partial charge in [-0.3, -0.25) is 9.89 Å². The van der Waals surface area contributed by atoms with Crippen molar-refractivity contribution in [1.29, 1.82) is 0 Å². The largest absolute Gasteiger partial charge is 0.480 e. The Morgan fingerprint density at radius 3 is 2.94 bits per heavy atom. The van der Waals surface area contributed by atoms with Gasteiger partial charge in [0.25, 0.3) is 0 Å². The van der Waals surface area contributed by atoms with Crippen molar-refractivity contribution < 1.29 is 19.8 Å². The monoisotopic (exact) mass is 239 g/mol. The zero-order chi connectivity index (χ0) is 12.4. The molecule has 0 aromatic carbocycles. The third-order valence-corrected chi connectivity index (χ3v) is 2.78. The number of carboxylic acids is 1. The number of amides is 1. The molecule has 1 saturated heterocycles. The number of aliphatic hydroxyl groups is 1. The van der Waals surface area contributed by atoms with E-state index in [1.165, 1.54) is 11.1 Å². The summed E-state index contributed by atoms with van der Waals surface area (Å²) in [5.74, 6) is -1.40. The molecule has 92 valence electrons. The molecule has 0 spiro atoms. The zero-order valence-electron chi connectivity index (χ0n) is 9.04. The number of carboxylic acid groups (broad SMARTS) is 1. The van der Waals surface area contributed by atoms with Crippen LogP contribution in [0.2, 0.25) is 0 Å². The highest BCUT2D eigenvalue weighted by atomic mass is 16.4. The van der Waals surface area contributed by atoms with Crippen LogP contribution in [0.4, 0.5) is 0 Å². The highest BCUT2D eigenvalue weighted by Gasteiger charge is 2.38. The van der Waals surface area contributed by atoms with Gasteiger partial charge >= 0.3 is 5.97 Å². The van der Waals surface area contributed by atoms with Gasteiger partial charge in [0.05, 0.1) is 12.5 Å². The summed E-state index contributed by atoms with van der Waals surface area (Å²) in [4.78, 5) is 24.0. The van der Waals surface area contributed by atoms with Gasteiger partial charge in [0.2, 0.25) is 5.91 Å². The molecule has 0 aliphatic carbocycles. The van der Waals surface area contributed by atoms with Crippen molar-refractivity contribution in [3.8, 4) is 0 Å². The Balaban J connectivity index is 2.05.